The average molecular weight is 615 g/mol. The van der Waals surface area contributed by atoms with Crippen LogP contribution in [0.1, 0.15) is 57.6 Å². The lowest BCUT2D eigenvalue weighted by atomic mass is 9.93. The first-order valence-electron chi connectivity index (χ1n) is 15.6. The number of aliphatic hydroxyl groups is 1. The van der Waals surface area contributed by atoms with Crippen molar-refractivity contribution in [1.82, 2.24) is 20.9 Å². The number of rotatable bonds is 5. The number of nitrogens with zero attached hydrogens (tertiary/aromatic N) is 1. The molecule has 10 heteroatoms. The molecule has 0 aromatic heterocycles. The van der Waals surface area contributed by atoms with Crippen molar-refractivity contribution in [3.05, 3.63) is 53.1 Å². The number of likely N-dealkylation sites (N-methyl/N-ethyl adjacent to an activating group) is 1. The van der Waals surface area contributed by atoms with Gasteiger partial charge in [-0.15, -0.1) is 11.6 Å². The van der Waals surface area contributed by atoms with Gasteiger partial charge in [0.05, 0.1) is 18.0 Å². The predicted octanol–water partition coefficient (Wildman–Crippen LogP) is 2.88. The summed E-state index contributed by atoms with van der Waals surface area (Å²) in [6.45, 7) is 6.35. The van der Waals surface area contributed by atoms with Gasteiger partial charge in [0.1, 0.15) is 23.9 Å². The van der Waals surface area contributed by atoms with Crippen molar-refractivity contribution in [1.29, 1.82) is 0 Å². The highest BCUT2D eigenvalue weighted by molar-refractivity contribution is 6.22. The van der Waals surface area contributed by atoms with Crippen molar-refractivity contribution in [2.24, 2.45) is 11.8 Å². The Morgan fingerprint density at radius 3 is 2.60 bits per heavy atom. The van der Waals surface area contributed by atoms with E-state index in [0.29, 0.717) is 19.5 Å². The number of benzene rings is 1. The van der Waals surface area contributed by atoms with Crippen molar-refractivity contribution < 1.29 is 24.2 Å². The van der Waals surface area contributed by atoms with E-state index in [2.05, 4.69) is 34.1 Å². The molecule has 3 amide bonds. The molecule has 0 spiro atoms. The highest BCUT2D eigenvalue weighted by atomic mass is 35.5. The number of carbonyl (C=O) groups is 3. The molecule has 4 rings (SSSR count). The number of allylic oxidation sites excluding steroid dienone is 3. The number of ether oxygens (including phenoxy) is 1. The highest BCUT2D eigenvalue weighted by Gasteiger charge is 2.36. The van der Waals surface area contributed by atoms with Crippen LogP contribution in [0.5, 0.6) is 5.75 Å². The Labute approximate surface area is 260 Å². The number of aliphatic hydroxyl groups excluding tert-OH is 1. The standard InChI is InChI=1S/C33H47ClN4O5/c1-5-20(2)29-33(42)38(4)28(19-39)32(41)37-27(17-22-11-14-26(34)21(3)16-22)31(40)35-15-7-10-23-8-6-9-24-12-13-25(18-36-29)43-30(23)24/h6,8-9,11,14,16,20-21,25-29,36,39H,5,7,10,12-13,15,17-19H2,1-4H3,(H,35,40)(H,37,41)/t20?,21?,25?,26?,27-,28+,29+/m1/s1. The van der Waals surface area contributed by atoms with E-state index in [-0.39, 0.29) is 41.6 Å². The number of halogens is 1. The number of amides is 3. The lowest BCUT2D eigenvalue weighted by molar-refractivity contribution is -0.143. The van der Waals surface area contributed by atoms with Crippen LogP contribution < -0.4 is 20.7 Å². The topological polar surface area (TPSA) is 120 Å². The lowest BCUT2D eigenvalue weighted by Crippen LogP contribution is -2.59. The summed E-state index contributed by atoms with van der Waals surface area (Å²) in [6, 6.07) is 3.60. The van der Waals surface area contributed by atoms with E-state index in [1.54, 1.807) is 0 Å². The van der Waals surface area contributed by atoms with Gasteiger partial charge in [-0.3, -0.25) is 14.4 Å². The van der Waals surface area contributed by atoms with Crippen molar-refractivity contribution in [2.45, 2.75) is 88.9 Å². The molecule has 43 heavy (non-hydrogen) atoms. The molecule has 0 saturated heterocycles. The molecule has 1 aromatic rings. The summed E-state index contributed by atoms with van der Waals surface area (Å²) < 4.78 is 6.48. The normalized spacial score (nSPS) is 29.9. The molecule has 1 aromatic carbocycles. The largest absolute Gasteiger partial charge is 0.489 e. The van der Waals surface area contributed by atoms with E-state index in [0.717, 1.165) is 42.6 Å². The van der Waals surface area contributed by atoms with Crippen molar-refractivity contribution >= 4 is 29.3 Å². The van der Waals surface area contributed by atoms with Gasteiger partial charge in [0, 0.05) is 26.6 Å². The number of carbonyl (C=O) groups excluding carboxylic acids is 3. The maximum atomic E-state index is 13.8. The molecule has 3 aliphatic rings. The number of fused-ring (bicyclic) bond motifs is 1. The minimum atomic E-state index is -1.16. The highest BCUT2D eigenvalue weighted by Crippen LogP contribution is 2.32. The Morgan fingerprint density at radius 2 is 1.91 bits per heavy atom. The first-order valence-corrected chi connectivity index (χ1v) is 16.1. The van der Waals surface area contributed by atoms with Crippen LogP contribution in [0.15, 0.2) is 42.0 Å². The van der Waals surface area contributed by atoms with Gasteiger partial charge in [0.15, 0.2) is 0 Å². The zero-order valence-electron chi connectivity index (χ0n) is 25.8. The van der Waals surface area contributed by atoms with E-state index in [1.807, 2.05) is 39.0 Å². The minimum Gasteiger partial charge on any atom is -0.489 e. The Morgan fingerprint density at radius 1 is 1.16 bits per heavy atom. The van der Waals surface area contributed by atoms with Gasteiger partial charge in [-0.25, -0.2) is 0 Å². The molecule has 4 N–H and O–H groups in total. The van der Waals surface area contributed by atoms with Crippen molar-refractivity contribution in [3.63, 3.8) is 0 Å². The lowest BCUT2D eigenvalue weighted by Gasteiger charge is -2.34. The van der Waals surface area contributed by atoms with Gasteiger partial charge in [-0.05, 0) is 54.2 Å². The fraction of sp³-hybridized carbons (Fsp3) is 0.606. The molecule has 236 valence electrons. The fourth-order valence-corrected chi connectivity index (χ4v) is 6.13. The van der Waals surface area contributed by atoms with Gasteiger partial charge in [0.25, 0.3) is 0 Å². The molecule has 9 nitrogen and oxygen atoms in total. The van der Waals surface area contributed by atoms with Crippen LogP contribution in [0.25, 0.3) is 0 Å². The quantitative estimate of drug-likeness (QED) is 0.379. The number of nitrogens with one attached hydrogen (secondary N) is 3. The molecule has 7 atom stereocenters. The number of alkyl halides is 1. The van der Waals surface area contributed by atoms with E-state index in [4.69, 9.17) is 16.3 Å². The molecule has 0 radical (unpaired) electrons. The number of hydrogen-bond donors (Lipinski definition) is 4. The van der Waals surface area contributed by atoms with Crippen LogP contribution >= 0.6 is 11.6 Å². The third-order valence-electron chi connectivity index (χ3n) is 9.00. The van der Waals surface area contributed by atoms with E-state index >= 15 is 0 Å². The molecule has 0 fully saturated rings. The van der Waals surface area contributed by atoms with Gasteiger partial charge in [0.2, 0.25) is 17.7 Å². The summed E-state index contributed by atoms with van der Waals surface area (Å²) in [7, 11) is 1.53. The molecule has 2 heterocycles. The maximum Gasteiger partial charge on any atom is 0.245 e. The van der Waals surface area contributed by atoms with Gasteiger partial charge < -0.3 is 30.7 Å². The summed E-state index contributed by atoms with van der Waals surface area (Å²) in [4.78, 5) is 42.1. The number of aryl methyl sites for hydroxylation is 2. The summed E-state index contributed by atoms with van der Waals surface area (Å²) >= 11 is 6.33. The Balaban J connectivity index is 1.63. The summed E-state index contributed by atoms with van der Waals surface area (Å²) in [5.74, 6) is -0.223. The summed E-state index contributed by atoms with van der Waals surface area (Å²) in [5.41, 5.74) is 3.17. The minimum absolute atomic E-state index is 0.0225. The summed E-state index contributed by atoms with van der Waals surface area (Å²) in [6.07, 6.45) is 9.84. The zero-order valence-corrected chi connectivity index (χ0v) is 26.5. The van der Waals surface area contributed by atoms with E-state index in [9.17, 15) is 19.5 Å². The first-order chi connectivity index (χ1) is 20.6. The van der Waals surface area contributed by atoms with Crippen LogP contribution in [0.2, 0.25) is 0 Å². The van der Waals surface area contributed by atoms with Crippen LogP contribution in [0, 0.1) is 11.8 Å². The number of hydrogen-bond acceptors (Lipinski definition) is 6. The smallest absolute Gasteiger partial charge is 0.245 e. The van der Waals surface area contributed by atoms with Gasteiger partial charge in [-0.2, -0.15) is 0 Å². The van der Waals surface area contributed by atoms with Crippen LogP contribution in [0.4, 0.5) is 0 Å². The predicted molar refractivity (Wildman–Crippen MR) is 168 cm³/mol. The molecular weight excluding hydrogens is 568 g/mol. The molecule has 4 unspecified atom stereocenters. The first kappa shape index (κ1) is 33.0. The van der Waals surface area contributed by atoms with Crippen LogP contribution in [-0.2, 0) is 27.2 Å². The average Bonchev–Trinajstić information content (AvgIpc) is 3.00. The molecule has 2 bridgehead atoms. The maximum absolute atomic E-state index is 13.8. The Hall–Kier alpha value is -2.88. The SMILES string of the molecule is CCC(C)[C@@H]1NCC2CCc3cccc(c3O2)CCCNC(=O)[C@@H](CC2=CC(C)C(Cl)C=C2)NC(=O)[C@H](CO)N(C)C1=O. The van der Waals surface area contributed by atoms with E-state index < -0.39 is 30.6 Å². The third kappa shape index (κ3) is 8.19. The molecule has 2 aliphatic heterocycles. The summed E-state index contributed by atoms with van der Waals surface area (Å²) in [5, 5.41) is 19.4. The zero-order chi connectivity index (χ0) is 31.1. The third-order valence-corrected chi connectivity index (χ3v) is 9.54. The fourth-order valence-electron chi connectivity index (χ4n) is 5.99. The second-order valence-electron chi connectivity index (χ2n) is 12.2. The van der Waals surface area contributed by atoms with Gasteiger partial charge in [-0.1, -0.05) is 63.6 Å². The Bertz CT molecular complexity index is 1220. The molecule has 1 aliphatic carbocycles. The van der Waals surface area contributed by atoms with Crippen molar-refractivity contribution in [2.75, 3.05) is 26.7 Å². The molecular formula is C33H47ClN4O5. The van der Waals surface area contributed by atoms with E-state index in [1.165, 1.54) is 17.5 Å². The molecule has 0 saturated carbocycles. The van der Waals surface area contributed by atoms with Crippen molar-refractivity contribution in [3.8, 4) is 5.75 Å². The van der Waals surface area contributed by atoms with Crippen LogP contribution in [0.3, 0.4) is 0 Å². The Kier molecular flexibility index (Phi) is 11.7. The van der Waals surface area contributed by atoms with Gasteiger partial charge >= 0.3 is 0 Å². The second-order valence-corrected chi connectivity index (χ2v) is 12.7. The number of para-hydroxylation sites is 1. The second kappa shape index (κ2) is 15.2. The van der Waals surface area contributed by atoms with Crippen LogP contribution in [-0.4, -0.2) is 84.1 Å². The monoisotopic (exact) mass is 614 g/mol.